The average molecular weight is 287 g/mol. The number of benzene rings is 2. The van der Waals surface area contributed by atoms with Crippen LogP contribution in [0.4, 0.5) is 17.1 Å². The Balaban J connectivity index is 2.42. The molecule has 6 heteroatoms. The first-order valence-corrected chi connectivity index (χ1v) is 6.05. The van der Waals surface area contributed by atoms with Crippen LogP contribution < -0.4 is 16.8 Å². The molecule has 0 radical (unpaired) electrons. The van der Waals surface area contributed by atoms with Crippen molar-refractivity contribution in [3.8, 4) is 6.07 Å². The summed E-state index contributed by atoms with van der Waals surface area (Å²) in [6.07, 6.45) is 0. The lowest BCUT2D eigenvalue weighted by Gasteiger charge is -2.13. The highest BCUT2D eigenvalue weighted by molar-refractivity contribution is 6.34. The van der Waals surface area contributed by atoms with E-state index in [1.165, 1.54) is 12.1 Å². The maximum Gasteiger partial charge on any atom is 0.250 e. The van der Waals surface area contributed by atoms with Gasteiger partial charge in [-0.2, -0.15) is 5.26 Å². The first kappa shape index (κ1) is 13.7. The third kappa shape index (κ3) is 2.82. The van der Waals surface area contributed by atoms with Crippen molar-refractivity contribution in [1.29, 1.82) is 5.26 Å². The van der Waals surface area contributed by atoms with Crippen molar-refractivity contribution in [2.24, 2.45) is 5.73 Å². The molecule has 100 valence electrons. The van der Waals surface area contributed by atoms with E-state index in [4.69, 9.17) is 28.3 Å². The van der Waals surface area contributed by atoms with E-state index >= 15 is 0 Å². The van der Waals surface area contributed by atoms with Crippen molar-refractivity contribution in [1.82, 2.24) is 0 Å². The molecule has 5 nitrogen and oxygen atoms in total. The highest BCUT2D eigenvalue weighted by atomic mass is 35.5. The Morgan fingerprint density at radius 1 is 1.25 bits per heavy atom. The van der Waals surface area contributed by atoms with Crippen LogP contribution in [0.5, 0.6) is 0 Å². The van der Waals surface area contributed by atoms with Gasteiger partial charge in [-0.1, -0.05) is 11.6 Å². The molecule has 0 aliphatic rings. The minimum Gasteiger partial charge on any atom is -0.399 e. The molecule has 0 aliphatic heterocycles. The number of nitrogen functional groups attached to an aromatic ring is 1. The fourth-order valence-corrected chi connectivity index (χ4v) is 2.00. The highest BCUT2D eigenvalue weighted by Crippen LogP contribution is 2.31. The molecule has 0 saturated carbocycles. The number of hydrogen-bond donors (Lipinski definition) is 3. The molecular weight excluding hydrogens is 276 g/mol. The van der Waals surface area contributed by atoms with Gasteiger partial charge in [-0.15, -0.1) is 0 Å². The van der Waals surface area contributed by atoms with Gasteiger partial charge in [0.25, 0.3) is 5.91 Å². The summed E-state index contributed by atoms with van der Waals surface area (Å²) in [7, 11) is 0. The maximum absolute atomic E-state index is 11.4. The number of hydrogen-bond acceptors (Lipinski definition) is 4. The van der Waals surface area contributed by atoms with Crippen molar-refractivity contribution in [3.05, 3.63) is 52.5 Å². The fourth-order valence-electron chi connectivity index (χ4n) is 1.72. The predicted octanol–water partition coefficient (Wildman–Crippen LogP) is 2.64. The Morgan fingerprint density at radius 3 is 2.45 bits per heavy atom. The van der Waals surface area contributed by atoms with Gasteiger partial charge in [0, 0.05) is 11.4 Å². The van der Waals surface area contributed by atoms with Crippen LogP contribution in [0.3, 0.4) is 0 Å². The lowest BCUT2D eigenvalue weighted by Crippen LogP contribution is -2.14. The Labute approximate surface area is 120 Å². The summed E-state index contributed by atoms with van der Waals surface area (Å²) in [5.74, 6) is -0.629. The van der Waals surface area contributed by atoms with Crippen molar-refractivity contribution in [2.75, 3.05) is 11.1 Å². The largest absolute Gasteiger partial charge is 0.399 e. The molecule has 0 bridgehead atoms. The summed E-state index contributed by atoms with van der Waals surface area (Å²) < 4.78 is 0. The zero-order chi connectivity index (χ0) is 14.7. The monoisotopic (exact) mass is 286 g/mol. The average Bonchev–Trinajstić information content (AvgIpc) is 2.42. The van der Waals surface area contributed by atoms with E-state index in [1.807, 2.05) is 6.07 Å². The molecule has 0 fully saturated rings. The molecule has 0 heterocycles. The summed E-state index contributed by atoms with van der Waals surface area (Å²) in [6.45, 7) is 0. The van der Waals surface area contributed by atoms with Crippen LogP contribution in [-0.4, -0.2) is 5.91 Å². The third-order valence-electron chi connectivity index (χ3n) is 2.66. The lowest BCUT2D eigenvalue weighted by molar-refractivity contribution is 0.100. The predicted molar refractivity (Wildman–Crippen MR) is 78.8 cm³/mol. The van der Waals surface area contributed by atoms with E-state index < -0.39 is 5.91 Å². The number of carbonyl (C=O) groups is 1. The number of nitriles is 1. The topological polar surface area (TPSA) is 105 Å². The second kappa shape index (κ2) is 5.51. The van der Waals surface area contributed by atoms with E-state index in [1.54, 1.807) is 24.3 Å². The fraction of sp³-hybridized carbons (Fsp3) is 0. The summed E-state index contributed by atoms with van der Waals surface area (Å²) in [5.41, 5.74) is 13.1. The van der Waals surface area contributed by atoms with E-state index in [-0.39, 0.29) is 5.56 Å². The van der Waals surface area contributed by atoms with Crippen LogP contribution in [0.1, 0.15) is 15.9 Å². The molecule has 20 heavy (non-hydrogen) atoms. The van der Waals surface area contributed by atoms with E-state index in [2.05, 4.69) is 5.32 Å². The van der Waals surface area contributed by atoms with E-state index in [0.29, 0.717) is 27.6 Å². The second-order valence-corrected chi connectivity index (χ2v) is 4.51. The Morgan fingerprint density at radius 2 is 1.90 bits per heavy atom. The number of halogens is 1. The van der Waals surface area contributed by atoms with Crippen molar-refractivity contribution in [2.45, 2.75) is 0 Å². The molecule has 2 rings (SSSR count). The van der Waals surface area contributed by atoms with Gasteiger partial charge >= 0.3 is 0 Å². The van der Waals surface area contributed by atoms with Crippen molar-refractivity contribution in [3.63, 3.8) is 0 Å². The SMILES string of the molecule is N#Cc1ccc(Nc2c(Cl)cc(N)cc2C(N)=O)cc1. The molecule has 1 amide bonds. The molecule has 2 aromatic rings. The van der Waals surface area contributed by atoms with Gasteiger partial charge in [-0.25, -0.2) is 0 Å². The normalized spacial score (nSPS) is 9.80. The highest BCUT2D eigenvalue weighted by Gasteiger charge is 2.13. The zero-order valence-electron chi connectivity index (χ0n) is 10.4. The standard InChI is InChI=1S/C14H11ClN4O/c15-12-6-9(17)5-11(14(18)20)13(12)19-10-3-1-8(7-16)2-4-10/h1-6,19H,17H2,(H2,18,20). The van der Waals surface area contributed by atoms with Gasteiger partial charge < -0.3 is 16.8 Å². The molecule has 0 aromatic heterocycles. The molecule has 0 aliphatic carbocycles. The molecule has 0 saturated heterocycles. The zero-order valence-corrected chi connectivity index (χ0v) is 11.1. The number of primary amides is 1. The minimum atomic E-state index is -0.629. The molecule has 0 unspecified atom stereocenters. The van der Waals surface area contributed by atoms with Crippen molar-refractivity contribution >= 4 is 34.6 Å². The quantitative estimate of drug-likeness (QED) is 0.754. The third-order valence-corrected chi connectivity index (χ3v) is 2.96. The summed E-state index contributed by atoms with van der Waals surface area (Å²) in [4.78, 5) is 11.4. The molecule has 5 N–H and O–H groups in total. The summed E-state index contributed by atoms with van der Waals surface area (Å²) in [5, 5.41) is 12.0. The molecule has 0 atom stereocenters. The van der Waals surface area contributed by atoms with Crippen LogP contribution in [0, 0.1) is 11.3 Å². The minimum absolute atomic E-state index is 0.208. The summed E-state index contributed by atoms with van der Waals surface area (Å²) in [6, 6.07) is 11.7. The first-order valence-electron chi connectivity index (χ1n) is 5.67. The number of rotatable bonds is 3. The van der Waals surface area contributed by atoms with E-state index in [9.17, 15) is 4.79 Å². The molecule has 2 aromatic carbocycles. The number of anilines is 3. The Bertz CT molecular complexity index is 704. The second-order valence-electron chi connectivity index (χ2n) is 4.10. The number of nitrogens with zero attached hydrogens (tertiary/aromatic N) is 1. The van der Waals surface area contributed by atoms with Gasteiger partial charge in [-0.3, -0.25) is 4.79 Å². The van der Waals surface area contributed by atoms with Gasteiger partial charge in [-0.05, 0) is 36.4 Å². The maximum atomic E-state index is 11.4. The number of nitrogens with two attached hydrogens (primary N) is 2. The van der Waals surface area contributed by atoms with Crippen LogP contribution in [0.2, 0.25) is 5.02 Å². The van der Waals surface area contributed by atoms with E-state index in [0.717, 1.165) is 0 Å². The number of nitrogens with one attached hydrogen (secondary N) is 1. The van der Waals surface area contributed by atoms with Crippen molar-refractivity contribution < 1.29 is 4.79 Å². The van der Waals surface area contributed by atoms with Crippen LogP contribution in [0.15, 0.2) is 36.4 Å². The van der Waals surface area contributed by atoms with Gasteiger partial charge in [0.1, 0.15) is 0 Å². The molecule has 0 spiro atoms. The first-order chi connectivity index (χ1) is 9.51. The lowest BCUT2D eigenvalue weighted by atomic mass is 10.1. The van der Waals surface area contributed by atoms with Crippen LogP contribution >= 0.6 is 11.6 Å². The summed E-state index contributed by atoms with van der Waals surface area (Å²) >= 11 is 6.08. The van der Waals surface area contributed by atoms with Gasteiger partial charge in [0.05, 0.1) is 27.9 Å². The van der Waals surface area contributed by atoms with Crippen LogP contribution in [-0.2, 0) is 0 Å². The Kier molecular flexibility index (Phi) is 3.78. The van der Waals surface area contributed by atoms with Gasteiger partial charge in [0.2, 0.25) is 0 Å². The smallest absolute Gasteiger partial charge is 0.250 e. The Hall–Kier alpha value is -2.71. The number of carbonyl (C=O) groups excluding carboxylic acids is 1. The number of amides is 1. The van der Waals surface area contributed by atoms with Crippen LogP contribution in [0.25, 0.3) is 0 Å². The van der Waals surface area contributed by atoms with Gasteiger partial charge in [0.15, 0.2) is 0 Å². The molecular formula is C14H11ClN4O.